The smallest absolute Gasteiger partial charge is 0.144 e. The Hall–Kier alpha value is -0.970. The van der Waals surface area contributed by atoms with Gasteiger partial charge in [0.25, 0.3) is 0 Å². The molecule has 0 aromatic carbocycles. The lowest BCUT2D eigenvalue weighted by atomic mass is 10.1. The molecule has 0 atom stereocenters. The highest BCUT2D eigenvalue weighted by molar-refractivity contribution is 7.98. The number of H-pyrrole nitrogens is 1. The van der Waals surface area contributed by atoms with Crippen LogP contribution in [0.5, 0.6) is 0 Å². The van der Waals surface area contributed by atoms with Crippen LogP contribution in [0, 0.1) is 5.41 Å². The second-order valence-electron chi connectivity index (χ2n) is 2.75. The van der Waals surface area contributed by atoms with Crippen LogP contribution >= 0.6 is 11.8 Å². The number of fused-ring (bicyclic) bond motifs is 1. The van der Waals surface area contributed by atoms with Crippen LogP contribution in [-0.2, 0) is 12.2 Å². The fraction of sp³-hybridized carbons (Fsp3) is 0.429. The summed E-state index contributed by atoms with van der Waals surface area (Å²) in [5.41, 5.74) is 8.29. The fourth-order valence-corrected chi connectivity index (χ4v) is 2.34. The maximum atomic E-state index is 7.28. The summed E-state index contributed by atoms with van der Waals surface area (Å²) >= 11 is 1.86. The summed E-state index contributed by atoms with van der Waals surface area (Å²) in [5.74, 6) is 2.13. The van der Waals surface area contributed by atoms with E-state index in [-0.39, 0.29) is 5.84 Å². The van der Waals surface area contributed by atoms with Gasteiger partial charge < -0.3 is 5.73 Å². The highest BCUT2D eigenvalue weighted by Crippen LogP contribution is 2.24. The molecule has 1 aromatic rings. The summed E-state index contributed by atoms with van der Waals surface area (Å²) in [5, 5.41) is 14.2. The largest absolute Gasteiger partial charge is 0.382 e. The molecular weight excluding hydrogens is 172 g/mol. The van der Waals surface area contributed by atoms with Crippen LogP contribution in [0.4, 0.5) is 0 Å². The maximum absolute atomic E-state index is 7.28. The molecule has 12 heavy (non-hydrogen) atoms. The Labute approximate surface area is 74.4 Å². The summed E-state index contributed by atoms with van der Waals surface area (Å²) in [6.45, 7) is 0. The van der Waals surface area contributed by atoms with Crippen LogP contribution in [-0.4, -0.2) is 21.8 Å². The van der Waals surface area contributed by atoms with Gasteiger partial charge in [-0.25, -0.2) is 0 Å². The lowest BCUT2D eigenvalue weighted by Gasteiger charge is -2.09. The van der Waals surface area contributed by atoms with Crippen molar-refractivity contribution in [3.63, 3.8) is 0 Å². The maximum Gasteiger partial charge on any atom is 0.144 e. The van der Waals surface area contributed by atoms with Crippen molar-refractivity contribution >= 4 is 17.6 Å². The van der Waals surface area contributed by atoms with Gasteiger partial charge in [0.15, 0.2) is 0 Å². The summed E-state index contributed by atoms with van der Waals surface area (Å²) in [7, 11) is 0. The summed E-state index contributed by atoms with van der Waals surface area (Å²) in [6, 6.07) is 0. The Morgan fingerprint density at radius 1 is 1.67 bits per heavy atom. The minimum Gasteiger partial charge on any atom is -0.382 e. The van der Waals surface area contributed by atoms with Crippen LogP contribution in [0.25, 0.3) is 0 Å². The van der Waals surface area contributed by atoms with Crippen LogP contribution in [0.15, 0.2) is 0 Å². The number of aryl methyl sites for hydroxylation is 1. The molecule has 1 aliphatic rings. The van der Waals surface area contributed by atoms with Crippen molar-refractivity contribution in [2.75, 3.05) is 5.75 Å². The molecule has 2 heterocycles. The van der Waals surface area contributed by atoms with Crippen LogP contribution in [0.1, 0.15) is 17.0 Å². The molecule has 0 amide bonds. The topological polar surface area (TPSA) is 78.6 Å². The minimum absolute atomic E-state index is 0.0648. The standard InChI is InChI=1S/C7H10N4S/c8-7(9)6-4-3-12-2-1-5(4)10-11-6/h1-3H2,(H3,8,9)(H,10,11). The first kappa shape index (κ1) is 7.67. The lowest BCUT2D eigenvalue weighted by molar-refractivity contribution is 0.963. The molecule has 0 spiro atoms. The van der Waals surface area contributed by atoms with E-state index in [1.165, 1.54) is 0 Å². The van der Waals surface area contributed by atoms with Gasteiger partial charge in [0.2, 0.25) is 0 Å². The predicted molar refractivity (Wildman–Crippen MR) is 49.5 cm³/mol. The molecule has 1 aliphatic heterocycles. The summed E-state index contributed by atoms with van der Waals surface area (Å²) < 4.78 is 0. The quantitative estimate of drug-likeness (QED) is 0.436. The van der Waals surface area contributed by atoms with Gasteiger partial charge in [-0.2, -0.15) is 16.9 Å². The third kappa shape index (κ3) is 1.10. The van der Waals surface area contributed by atoms with Crippen molar-refractivity contribution in [3.05, 3.63) is 17.0 Å². The Bertz CT molecular complexity index is 317. The van der Waals surface area contributed by atoms with Gasteiger partial charge in [-0.15, -0.1) is 0 Å². The second kappa shape index (κ2) is 2.82. The normalized spacial score (nSPS) is 15.7. The molecule has 0 fully saturated rings. The monoisotopic (exact) mass is 182 g/mol. The van der Waals surface area contributed by atoms with Crippen LogP contribution in [0.2, 0.25) is 0 Å². The van der Waals surface area contributed by atoms with E-state index in [0.717, 1.165) is 29.2 Å². The zero-order chi connectivity index (χ0) is 8.55. The first-order chi connectivity index (χ1) is 5.79. The Kier molecular flexibility index (Phi) is 1.80. The summed E-state index contributed by atoms with van der Waals surface area (Å²) in [6.07, 6.45) is 1.01. The van der Waals surface area contributed by atoms with Crippen LogP contribution < -0.4 is 5.73 Å². The molecule has 5 heteroatoms. The van der Waals surface area contributed by atoms with Crippen molar-refractivity contribution in [3.8, 4) is 0 Å². The van der Waals surface area contributed by atoms with E-state index < -0.39 is 0 Å². The van der Waals surface area contributed by atoms with Gasteiger partial charge in [0.1, 0.15) is 11.5 Å². The molecule has 0 aliphatic carbocycles. The number of aromatic amines is 1. The molecule has 0 saturated carbocycles. The molecule has 0 saturated heterocycles. The zero-order valence-corrected chi connectivity index (χ0v) is 7.37. The third-order valence-corrected chi connectivity index (χ3v) is 2.94. The number of thioether (sulfide) groups is 1. The number of nitrogens with one attached hydrogen (secondary N) is 2. The van der Waals surface area contributed by atoms with Gasteiger partial charge in [-0.05, 0) is 12.2 Å². The molecule has 64 valence electrons. The van der Waals surface area contributed by atoms with E-state index in [1.807, 2.05) is 11.8 Å². The average molecular weight is 182 g/mol. The highest BCUT2D eigenvalue weighted by atomic mass is 32.2. The molecule has 0 bridgehead atoms. The predicted octanol–water partition coefficient (Wildman–Crippen LogP) is 0.483. The van der Waals surface area contributed by atoms with Crippen molar-refractivity contribution in [1.29, 1.82) is 5.41 Å². The molecule has 4 nitrogen and oxygen atoms in total. The number of nitrogens with zero attached hydrogens (tertiary/aromatic N) is 1. The molecule has 1 aromatic heterocycles. The summed E-state index contributed by atoms with van der Waals surface area (Å²) in [4.78, 5) is 0. The highest BCUT2D eigenvalue weighted by Gasteiger charge is 2.18. The number of rotatable bonds is 1. The van der Waals surface area contributed by atoms with Crippen molar-refractivity contribution in [2.45, 2.75) is 12.2 Å². The third-order valence-electron chi connectivity index (χ3n) is 1.95. The molecule has 0 unspecified atom stereocenters. The van der Waals surface area contributed by atoms with Crippen molar-refractivity contribution in [2.24, 2.45) is 5.73 Å². The molecule has 0 radical (unpaired) electrons. The van der Waals surface area contributed by atoms with E-state index in [9.17, 15) is 0 Å². The Morgan fingerprint density at radius 2 is 2.50 bits per heavy atom. The van der Waals surface area contributed by atoms with Gasteiger partial charge >= 0.3 is 0 Å². The first-order valence-electron chi connectivity index (χ1n) is 3.77. The van der Waals surface area contributed by atoms with Gasteiger partial charge in [-0.1, -0.05) is 0 Å². The zero-order valence-electron chi connectivity index (χ0n) is 6.55. The average Bonchev–Trinajstić information content (AvgIpc) is 2.47. The van der Waals surface area contributed by atoms with Crippen LogP contribution in [0.3, 0.4) is 0 Å². The minimum atomic E-state index is 0.0648. The fourth-order valence-electron chi connectivity index (χ4n) is 1.33. The number of hydrogen-bond acceptors (Lipinski definition) is 3. The Morgan fingerprint density at radius 3 is 3.25 bits per heavy atom. The SMILES string of the molecule is N=C(N)c1n[nH]c2c1CSCC2. The number of amidine groups is 1. The number of nitrogens with two attached hydrogens (primary N) is 1. The molecule has 2 rings (SSSR count). The van der Waals surface area contributed by atoms with Gasteiger partial charge in [-0.3, -0.25) is 10.5 Å². The lowest BCUT2D eigenvalue weighted by Crippen LogP contribution is -2.14. The van der Waals surface area contributed by atoms with Crippen molar-refractivity contribution in [1.82, 2.24) is 10.2 Å². The van der Waals surface area contributed by atoms with E-state index in [0.29, 0.717) is 5.69 Å². The van der Waals surface area contributed by atoms with Gasteiger partial charge in [0, 0.05) is 17.0 Å². The number of nitrogen functional groups attached to an aromatic ring is 1. The molecule has 4 N–H and O–H groups in total. The van der Waals surface area contributed by atoms with E-state index >= 15 is 0 Å². The van der Waals surface area contributed by atoms with E-state index in [1.54, 1.807) is 0 Å². The first-order valence-corrected chi connectivity index (χ1v) is 4.93. The second-order valence-corrected chi connectivity index (χ2v) is 3.85. The molecular formula is C7H10N4S. The van der Waals surface area contributed by atoms with E-state index in [2.05, 4.69) is 10.2 Å². The number of hydrogen-bond donors (Lipinski definition) is 3. The number of aromatic nitrogens is 2. The Balaban J connectivity index is 2.44. The van der Waals surface area contributed by atoms with Crippen molar-refractivity contribution < 1.29 is 0 Å². The van der Waals surface area contributed by atoms with E-state index in [4.69, 9.17) is 11.1 Å². The van der Waals surface area contributed by atoms with Gasteiger partial charge in [0.05, 0.1) is 0 Å².